The molecule has 2 amide bonds. The SMILES string of the molecule is CCN1CCN(C(=O)CNC(=O)C[C@H](C)c2ccccc2F)CC1. The Balaban J connectivity index is 1.75. The highest BCUT2D eigenvalue weighted by atomic mass is 19.1. The lowest BCUT2D eigenvalue weighted by atomic mass is 9.97. The molecule has 132 valence electrons. The Morgan fingerprint density at radius 2 is 1.88 bits per heavy atom. The fourth-order valence-corrected chi connectivity index (χ4v) is 2.93. The Bertz CT molecular complexity index is 571. The number of nitrogens with zero attached hydrogens (tertiary/aromatic N) is 2. The number of halogens is 1. The summed E-state index contributed by atoms with van der Waals surface area (Å²) in [5.41, 5.74) is 0.523. The topological polar surface area (TPSA) is 52.6 Å². The van der Waals surface area contributed by atoms with E-state index in [9.17, 15) is 14.0 Å². The van der Waals surface area contributed by atoms with E-state index in [0.717, 1.165) is 19.6 Å². The Kier molecular flexibility index (Phi) is 6.73. The van der Waals surface area contributed by atoms with E-state index in [-0.39, 0.29) is 36.5 Å². The molecule has 1 saturated heterocycles. The number of amides is 2. The van der Waals surface area contributed by atoms with Crippen LogP contribution in [0.3, 0.4) is 0 Å². The third-order valence-electron chi connectivity index (χ3n) is 4.54. The Hall–Kier alpha value is -1.95. The van der Waals surface area contributed by atoms with Gasteiger partial charge in [-0.2, -0.15) is 0 Å². The van der Waals surface area contributed by atoms with Crippen molar-refractivity contribution in [2.75, 3.05) is 39.3 Å². The maximum Gasteiger partial charge on any atom is 0.242 e. The van der Waals surface area contributed by atoms with Gasteiger partial charge in [-0.3, -0.25) is 9.59 Å². The Morgan fingerprint density at radius 3 is 2.50 bits per heavy atom. The monoisotopic (exact) mass is 335 g/mol. The van der Waals surface area contributed by atoms with Gasteiger partial charge in [-0.15, -0.1) is 0 Å². The first kappa shape index (κ1) is 18.4. The fraction of sp³-hybridized carbons (Fsp3) is 0.556. The average molecular weight is 335 g/mol. The molecule has 0 bridgehead atoms. The number of piperazine rings is 1. The number of likely N-dealkylation sites (N-methyl/N-ethyl adjacent to an activating group) is 1. The van der Waals surface area contributed by atoms with Gasteiger partial charge >= 0.3 is 0 Å². The zero-order chi connectivity index (χ0) is 17.5. The summed E-state index contributed by atoms with van der Waals surface area (Å²) in [5, 5.41) is 2.66. The summed E-state index contributed by atoms with van der Waals surface area (Å²) in [6, 6.07) is 6.46. The number of hydrogen-bond acceptors (Lipinski definition) is 3. The molecule has 1 N–H and O–H groups in total. The van der Waals surface area contributed by atoms with E-state index in [0.29, 0.717) is 18.7 Å². The van der Waals surface area contributed by atoms with Gasteiger partial charge in [-0.05, 0) is 24.1 Å². The largest absolute Gasteiger partial charge is 0.347 e. The summed E-state index contributed by atoms with van der Waals surface area (Å²) < 4.78 is 13.7. The van der Waals surface area contributed by atoms with Crippen LogP contribution < -0.4 is 5.32 Å². The lowest BCUT2D eigenvalue weighted by Crippen LogP contribution is -2.51. The summed E-state index contributed by atoms with van der Waals surface area (Å²) in [4.78, 5) is 28.2. The molecule has 1 fully saturated rings. The van der Waals surface area contributed by atoms with Crippen molar-refractivity contribution in [3.8, 4) is 0 Å². The summed E-state index contributed by atoms with van der Waals surface area (Å²) >= 11 is 0. The average Bonchev–Trinajstić information content (AvgIpc) is 2.60. The second kappa shape index (κ2) is 8.78. The number of benzene rings is 1. The molecule has 1 aliphatic rings. The van der Waals surface area contributed by atoms with Crippen LogP contribution in [0.1, 0.15) is 31.7 Å². The molecule has 1 atom stereocenters. The van der Waals surface area contributed by atoms with Gasteiger partial charge in [0.05, 0.1) is 6.54 Å². The van der Waals surface area contributed by atoms with E-state index >= 15 is 0 Å². The van der Waals surface area contributed by atoms with Gasteiger partial charge < -0.3 is 15.1 Å². The predicted octanol–water partition coefficient (Wildman–Crippen LogP) is 1.60. The van der Waals surface area contributed by atoms with E-state index in [1.54, 1.807) is 23.1 Å². The Morgan fingerprint density at radius 1 is 1.21 bits per heavy atom. The van der Waals surface area contributed by atoms with Crippen molar-refractivity contribution in [3.63, 3.8) is 0 Å². The minimum Gasteiger partial charge on any atom is -0.347 e. The van der Waals surface area contributed by atoms with Crippen LogP contribution in [0.4, 0.5) is 4.39 Å². The molecule has 1 aliphatic heterocycles. The highest BCUT2D eigenvalue weighted by Gasteiger charge is 2.21. The highest BCUT2D eigenvalue weighted by molar-refractivity contribution is 5.85. The van der Waals surface area contributed by atoms with Crippen LogP contribution in [0.15, 0.2) is 24.3 Å². The third kappa shape index (κ3) is 5.03. The minimum atomic E-state index is -0.303. The first-order valence-corrected chi connectivity index (χ1v) is 8.52. The molecule has 1 aromatic rings. The summed E-state index contributed by atoms with van der Waals surface area (Å²) in [7, 11) is 0. The maximum atomic E-state index is 13.7. The van der Waals surface area contributed by atoms with Crippen molar-refractivity contribution in [1.29, 1.82) is 0 Å². The van der Waals surface area contributed by atoms with Gasteiger partial charge in [0.25, 0.3) is 0 Å². The number of hydrogen-bond donors (Lipinski definition) is 1. The fourth-order valence-electron chi connectivity index (χ4n) is 2.93. The molecule has 0 spiro atoms. The van der Waals surface area contributed by atoms with Gasteiger partial charge in [-0.25, -0.2) is 4.39 Å². The molecule has 2 rings (SSSR count). The van der Waals surface area contributed by atoms with E-state index in [1.165, 1.54) is 6.07 Å². The molecule has 0 radical (unpaired) electrons. The van der Waals surface area contributed by atoms with Crippen molar-refractivity contribution in [1.82, 2.24) is 15.1 Å². The lowest BCUT2D eigenvalue weighted by Gasteiger charge is -2.34. The van der Waals surface area contributed by atoms with Crippen molar-refractivity contribution in [2.24, 2.45) is 0 Å². The van der Waals surface area contributed by atoms with Crippen LogP contribution in [0.5, 0.6) is 0 Å². The molecule has 0 unspecified atom stereocenters. The molecular weight excluding hydrogens is 309 g/mol. The van der Waals surface area contributed by atoms with Gasteiger partial charge in [0.15, 0.2) is 0 Å². The second-order valence-electron chi connectivity index (χ2n) is 6.22. The van der Waals surface area contributed by atoms with Crippen LogP contribution in [0.2, 0.25) is 0 Å². The number of carbonyl (C=O) groups is 2. The molecule has 6 heteroatoms. The third-order valence-corrected chi connectivity index (χ3v) is 4.54. The minimum absolute atomic E-state index is 0.00888. The summed E-state index contributed by atoms with van der Waals surface area (Å²) in [5.74, 6) is -0.819. The van der Waals surface area contributed by atoms with E-state index < -0.39 is 0 Å². The van der Waals surface area contributed by atoms with Gasteiger partial charge in [0, 0.05) is 32.6 Å². The van der Waals surface area contributed by atoms with Crippen molar-refractivity contribution >= 4 is 11.8 Å². The van der Waals surface area contributed by atoms with Gasteiger partial charge in [0.1, 0.15) is 5.82 Å². The van der Waals surface area contributed by atoms with E-state index in [1.807, 2.05) is 6.92 Å². The Labute approximate surface area is 142 Å². The van der Waals surface area contributed by atoms with Crippen molar-refractivity contribution in [3.05, 3.63) is 35.6 Å². The van der Waals surface area contributed by atoms with E-state index in [4.69, 9.17) is 0 Å². The normalized spacial score (nSPS) is 16.7. The molecule has 1 aromatic carbocycles. The first-order valence-electron chi connectivity index (χ1n) is 8.52. The summed E-state index contributed by atoms with van der Waals surface area (Å²) in [6.45, 7) is 8.07. The van der Waals surface area contributed by atoms with Crippen LogP contribution >= 0.6 is 0 Å². The quantitative estimate of drug-likeness (QED) is 0.859. The smallest absolute Gasteiger partial charge is 0.242 e. The number of carbonyl (C=O) groups excluding carboxylic acids is 2. The molecule has 1 heterocycles. The zero-order valence-electron chi connectivity index (χ0n) is 14.4. The molecule has 0 saturated carbocycles. The molecule has 0 aromatic heterocycles. The van der Waals surface area contributed by atoms with Gasteiger partial charge in [-0.1, -0.05) is 32.0 Å². The van der Waals surface area contributed by atoms with Gasteiger partial charge in [0.2, 0.25) is 11.8 Å². The first-order chi connectivity index (χ1) is 11.5. The van der Waals surface area contributed by atoms with Crippen LogP contribution in [0, 0.1) is 5.82 Å². The van der Waals surface area contributed by atoms with E-state index in [2.05, 4.69) is 17.1 Å². The molecular formula is C18H26FN3O2. The standard InChI is InChI=1S/C18H26FN3O2/c1-3-21-8-10-22(11-9-21)18(24)13-20-17(23)12-14(2)15-6-4-5-7-16(15)19/h4-7,14H,3,8-13H2,1-2H3,(H,20,23)/t14-/m0/s1. The second-order valence-corrected chi connectivity index (χ2v) is 6.22. The maximum absolute atomic E-state index is 13.7. The zero-order valence-corrected chi connectivity index (χ0v) is 14.4. The van der Waals surface area contributed by atoms with Crippen LogP contribution in [-0.2, 0) is 9.59 Å². The lowest BCUT2D eigenvalue weighted by molar-refractivity contribution is -0.134. The molecule has 5 nitrogen and oxygen atoms in total. The predicted molar refractivity (Wildman–Crippen MR) is 91.1 cm³/mol. The van der Waals surface area contributed by atoms with Crippen LogP contribution in [0.25, 0.3) is 0 Å². The van der Waals surface area contributed by atoms with Crippen LogP contribution in [-0.4, -0.2) is 60.9 Å². The number of nitrogens with one attached hydrogen (secondary N) is 1. The molecule has 24 heavy (non-hydrogen) atoms. The van der Waals surface area contributed by atoms with Crippen molar-refractivity contribution in [2.45, 2.75) is 26.2 Å². The molecule has 0 aliphatic carbocycles. The highest BCUT2D eigenvalue weighted by Crippen LogP contribution is 2.21. The summed E-state index contributed by atoms with van der Waals surface area (Å²) in [6.07, 6.45) is 0.165. The van der Waals surface area contributed by atoms with Crippen molar-refractivity contribution < 1.29 is 14.0 Å². The number of rotatable bonds is 6.